The summed E-state index contributed by atoms with van der Waals surface area (Å²) in [5.74, 6) is -0.0848. The number of hydrogen-bond acceptors (Lipinski definition) is 7. The highest BCUT2D eigenvalue weighted by atomic mass is 35.5. The van der Waals surface area contributed by atoms with E-state index in [1.807, 2.05) is 4.90 Å². The summed E-state index contributed by atoms with van der Waals surface area (Å²) >= 11 is 5.95. The van der Waals surface area contributed by atoms with Crippen LogP contribution in [0.1, 0.15) is 11.6 Å². The molecule has 2 amide bonds. The number of methoxy groups -OCH3 is 2. The fourth-order valence-electron chi connectivity index (χ4n) is 3.53. The predicted octanol–water partition coefficient (Wildman–Crippen LogP) is 3.32. The Balaban J connectivity index is 1.68. The van der Waals surface area contributed by atoms with Gasteiger partial charge in [0.25, 0.3) is 5.69 Å². The third kappa shape index (κ3) is 5.27. The van der Waals surface area contributed by atoms with E-state index in [0.29, 0.717) is 37.0 Å². The minimum Gasteiger partial charge on any atom is -0.496 e. The van der Waals surface area contributed by atoms with Crippen molar-refractivity contribution < 1.29 is 24.0 Å². The molecule has 1 saturated heterocycles. The Morgan fingerprint density at radius 3 is 2.31 bits per heavy atom. The highest BCUT2D eigenvalue weighted by molar-refractivity contribution is 6.30. The molecule has 3 rings (SSSR count). The number of hydrogen-bond donors (Lipinski definition) is 1. The van der Waals surface area contributed by atoms with Gasteiger partial charge >= 0.3 is 12.0 Å². The molecule has 1 fully saturated rings. The lowest BCUT2D eigenvalue weighted by Gasteiger charge is -2.38. The number of nitrogens with one attached hydrogen (secondary N) is 1. The van der Waals surface area contributed by atoms with Gasteiger partial charge in [0.05, 0.1) is 25.2 Å². The zero-order valence-electron chi connectivity index (χ0n) is 17.6. The number of anilines is 1. The van der Waals surface area contributed by atoms with Gasteiger partial charge in [0.1, 0.15) is 17.5 Å². The van der Waals surface area contributed by atoms with Crippen molar-refractivity contribution in [3.63, 3.8) is 0 Å². The van der Waals surface area contributed by atoms with Crippen LogP contribution in [0.2, 0.25) is 5.02 Å². The fourth-order valence-corrected chi connectivity index (χ4v) is 3.65. The van der Waals surface area contributed by atoms with Gasteiger partial charge < -0.3 is 19.7 Å². The van der Waals surface area contributed by atoms with Crippen LogP contribution in [-0.4, -0.2) is 67.1 Å². The van der Waals surface area contributed by atoms with Gasteiger partial charge in [-0.2, -0.15) is 0 Å². The number of nitrogens with zero attached hydrogens (tertiary/aromatic N) is 3. The van der Waals surface area contributed by atoms with E-state index in [-0.39, 0.29) is 11.4 Å². The highest BCUT2D eigenvalue weighted by Gasteiger charge is 2.32. The summed E-state index contributed by atoms with van der Waals surface area (Å²) in [4.78, 5) is 39.4. The molecule has 11 heteroatoms. The smallest absolute Gasteiger partial charge is 0.327 e. The number of esters is 1. The van der Waals surface area contributed by atoms with Gasteiger partial charge in [0.15, 0.2) is 0 Å². The van der Waals surface area contributed by atoms with Crippen molar-refractivity contribution >= 4 is 35.0 Å². The Kier molecular flexibility index (Phi) is 7.49. The van der Waals surface area contributed by atoms with Crippen LogP contribution in [0.25, 0.3) is 0 Å². The average Bonchev–Trinajstić information content (AvgIpc) is 2.80. The molecule has 32 heavy (non-hydrogen) atoms. The number of piperazine rings is 1. The first-order chi connectivity index (χ1) is 15.3. The van der Waals surface area contributed by atoms with Gasteiger partial charge in [0.2, 0.25) is 0 Å². The van der Waals surface area contributed by atoms with E-state index < -0.39 is 23.0 Å². The number of amides is 2. The summed E-state index contributed by atoms with van der Waals surface area (Å²) in [6.45, 7) is 1.49. The number of benzene rings is 2. The first-order valence-electron chi connectivity index (χ1n) is 9.79. The third-order valence-electron chi connectivity index (χ3n) is 5.22. The zero-order valence-corrected chi connectivity index (χ0v) is 18.4. The number of nitro benzene ring substituents is 1. The van der Waals surface area contributed by atoms with E-state index in [4.69, 9.17) is 21.1 Å². The maximum Gasteiger partial charge on any atom is 0.327 e. The largest absolute Gasteiger partial charge is 0.496 e. The Morgan fingerprint density at radius 1 is 1.09 bits per heavy atom. The van der Waals surface area contributed by atoms with E-state index in [1.165, 1.54) is 32.4 Å². The van der Waals surface area contributed by atoms with Crippen LogP contribution in [0.5, 0.6) is 5.75 Å². The van der Waals surface area contributed by atoms with Crippen LogP contribution in [0.3, 0.4) is 0 Å². The molecule has 1 aliphatic heterocycles. The first-order valence-corrected chi connectivity index (χ1v) is 10.2. The molecule has 1 aliphatic rings. The molecule has 10 nitrogen and oxygen atoms in total. The molecule has 1 heterocycles. The Morgan fingerprint density at radius 2 is 1.75 bits per heavy atom. The van der Waals surface area contributed by atoms with Gasteiger partial charge in [-0.1, -0.05) is 23.7 Å². The summed E-state index contributed by atoms with van der Waals surface area (Å²) in [6, 6.07) is 10.1. The van der Waals surface area contributed by atoms with E-state index >= 15 is 0 Å². The van der Waals surface area contributed by atoms with Crippen molar-refractivity contribution in [2.24, 2.45) is 0 Å². The molecule has 0 aromatic heterocycles. The van der Waals surface area contributed by atoms with Crippen molar-refractivity contribution in [1.29, 1.82) is 0 Å². The maximum atomic E-state index is 12.7. The summed E-state index contributed by atoms with van der Waals surface area (Å²) in [5, 5.41) is 14.5. The number of rotatable bonds is 6. The standard InChI is InChI=1S/C21H23ClN4O6/c1-31-16-7-8-17(18(13-16)26(29)30)23-21(28)25-11-9-24(10-12-25)19(20(27)32-2)14-3-5-15(22)6-4-14/h3-8,13,19H,9-12H2,1-2H3,(H,23,28)/t19-/m0/s1. The Labute approximate surface area is 189 Å². The molecule has 1 atom stereocenters. The summed E-state index contributed by atoms with van der Waals surface area (Å²) < 4.78 is 9.99. The maximum absolute atomic E-state index is 12.7. The van der Waals surface area contributed by atoms with E-state index in [0.717, 1.165) is 5.56 Å². The summed E-state index contributed by atoms with van der Waals surface area (Å²) in [7, 11) is 2.74. The molecule has 2 aromatic rings. The molecular weight excluding hydrogens is 440 g/mol. The third-order valence-corrected chi connectivity index (χ3v) is 5.47. The second-order valence-electron chi connectivity index (χ2n) is 7.07. The van der Waals surface area contributed by atoms with Crippen LogP contribution in [0, 0.1) is 10.1 Å². The first kappa shape index (κ1) is 23.3. The Bertz CT molecular complexity index is 992. The molecule has 0 aliphatic carbocycles. The highest BCUT2D eigenvalue weighted by Crippen LogP contribution is 2.30. The minimum absolute atomic E-state index is 0.0804. The van der Waals surface area contributed by atoms with Crippen LogP contribution >= 0.6 is 11.6 Å². The zero-order chi connectivity index (χ0) is 23.3. The number of ether oxygens (including phenoxy) is 2. The van der Waals surface area contributed by atoms with Crippen molar-refractivity contribution in [3.05, 3.63) is 63.2 Å². The topological polar surface area (TPSA) is 114 Å². The van der Waals surface area contributed by atoms with Gasteiger partial charge in [0, 0.05) is 31.2 Å². The van der Waals surface area contributed by atoms with Crippen molar-refractivity contribution in [3.8, 4) is 5.75 Å². The predicted molar refractivity (Wildman–Crippen MR) is 118 cm³/mol. The summed E-state index contributed by atoms with van der Waals surface area (Å²) in [5.41, 5.74) is 0.565. The Hall–Kier alpha value is -3.37. The van der Waals surface area contributed by atoms with Gasteiger partial charge in [-0.25, -0.2) is 9.59 Å². The van der Waals surface area contributed by atoms with Crippen LogP contribution in [0.4, 0.5) is 16.2 Å². The van der Waals surface area contributed by atoms with Gasteiger partial charge in [-0.15, -0.1) is 0 Å². The van der Waals surface area contributed by atoms with Crippen LogP contribution in [-0.2, 0) is 9.53 Å². The number of halogens is 1. The van der Waals surface area contributed by atoms with Gasteiger partial charge in [-0.3, -0.25) is 15.0 Å². The number of carbonyl (C=O) groups excluding carboxylic acids is 2. The molecule has 0 spiro atoms. The van der Waals surface area contributed by atoms with Crippen molar-refractivity contribution in [2.45, 2.75) is 6.04 Å². The number of nitro groups is 1. The molecule has 0 saturated carbocycles. The van der Waals surface area contributed by atoms with Crippen LogP contribution in [0.15, 0.2) is 42.5 Å². The lowest BCUT2D eigenvalue weighted by atomic mass is 10.0. The van der Waals surface area contributed by atoms with Crippen molar-refractivity contribution in [1.82, 2.24) is 9.80 Å². The second kappa shape index (κ2) is 10.3. The molecule has 0 bridgehead atoms. The van der Waals surface area contributed by atoms with Gasteiger partial charge in [-0.05, 0) is 29.8 Å². The van der Waals surface area contributed by atoms with Crippen molar-refractivity contribution in [2.75, 3.05) is 45.7 Å². The van der Waals surface area contributed by atoms with E-state index in [2.05, 4.69) is 5.32 Å². The average molecular weight is 463 g/mol. The summed E-state index contributed by atoms with van der Waals surface area (Å²) in [6.07, 6.45) is 0. The second-order valence-corrected chi connectivity index (χ2v) is 7.51. The lowest BCUT2D eigenvalue weighted by molar-refractivity contribution is -0.384. The lowest BCUT2D eigenvalue weighted by Crippen LogP contribution is -2.52. The molecular formula is C21H23ClN4O6. The monoisotopic (exact) mass is 462 g/mol. The quantitative estimate of drug-likeness (QED) is 0.398. The fraction of sp³-hybridized carbons (Fsp3) is 0.333. The molecule has 1 N–H and O–H groups in total. The molecule has 170 valence electrons. The molecule has 2 aromatic carbocycles. The molecule has 0 radical (unpaired) electrons. The van der Waals surface area contributed by atoms with E-state index in [1.54, 1.807) is 29.2 Å². The number of carbonyl (C=O) groups is 2. The van der Waals surface area contributed by atoms with E-state index in [9.17, 15) is 19.7 Å². The minimum atomic E-state index is -0.620. The SMILES string of the molecule is COC(=O)[C@H](c1ccc(Cl)cc1)N1CCN(C(=O)Nc2ccc(OC)cc2[N+](=O)[O-])CC1. The molecule has 0 unspecified atom stereocenters. The normalized spacial score (nSPS) is 15.0. The number of urea groups is 1. The van der Waals surface area contributed by atoms with Crippen LogP contribution < -0.4 is 10.1 Å².